The van der Waals surface area contributed by atoms with Gasteiger partial charge < -0.3 is 21.8 Å². The molecule has 0 aromatic carbocycles. The normalized spacial score (nSPS) is 14.9. The second kappa shape index (κ2) is 8.08. The average Bonchev–Trinajstić information content (AvgIpc) is 2.03. The van der Waals surface area contributed by atoms with Crippen LogP contribution in [0.4, 0.5) is 0 Å². The molecule has 5 nitrogen and oxygen atoms in total. The number of hydrogen-bond acceptors (Lipinski definition) is 5. The van der Waals surface area contributed by atoms with Gasteiger partial charge in [-0.25, -0.2) is 0 Å². The highest BCUT2D eigenvalue weighted by atomic mass is 28.4. The molecule has 0 radical (unpaired) electrons. The van der Waals surface area contributed by atoms with E-state index >= 15 is 0 Å². The summed E-state index contributed by atoms with van der Waals surface area (Å²) >= 11 is 0. The second-order valence-corrected chi connectivity index (χ2v) is 12.8. The zero-order valence-electron chi connectivity index (χ0n) is 17.2. The van der Waals surface area contributed by atoms with Gasteiger partial charge in [0, 0.05) is 0 Å². The maximum absolute atomic E-state index is 6.14. The first-order valence-corrected chi connectivity index (χ1v) is 11.1. The van der Waals surface area contributed by atoms with Crippen molar-refractivity contribution in [3.8, 4) is 0 Å². The average molecular weight is 367 g/mol. The molecular weight excluding hydrogens is 328 g/mol. The van der Waals surface area contributed by atoms with Crippen molar-refractivity contribution < 1.29 is 21.8 Å². The fourth-order valence-electron chi connectivity index (χ4n) is 1.40. The van der Waals surface area contributed by atoms with Crippen LogP contribution in [0.2, 0.25) is 0 Å². The number of hydrogen-bond donors (Lipinski definition) is 0. The van der Waals surface area contributed by atoms with Gasteiger partial charge in [-0.15, -0.1) is 0 Å². The van der Waals surface area contributed by atoms with E-state index < -0.39 is 19.1 Å². The van der Waals surface area contributed by atoms with Crippen molar-refractivity contribution in [2.24, 2.45) is 0 Å². The molecular formula is C16H38O5Si2. The zero-order chi connectivity index (χ0) is 18.7. The summed E-state index contributed by atoms with van der Waals surface area (Å²) in [6.07, 6.45) is 0. The topological polar surface area (TPSA) is 46.2 Å². The van der Waals surface area contributed by atoms with Gasteiger partial charge in [-0.1, -0.05) is 0 Å². The second-order valence-electron chi connectivity index (χ2n) is 9.63. The third kappa shape index (κ3) is 15.5. The molecule has 0 saturated carbocycles. The van der Waals surface area contributed by atoms with Crippen LogP contribution in [0.15, 0.2) is 0 Å². The Kier molecular flexibility index (Phi) is 8.16. The summed E-state index contributed by atoms with van der Waals surface area (Å²) in [5.41, 5.74) is -1.37. The quantitative estimate of drug-likeness (QED) is 0.671. The smallest absolute Gasteiger partial charge is 0.376 e. The van der Waals surface area contributed by atoms with Crippen molar-refractivity contribution in [1.82, 2.24) is 0 Å². The molecule has 0 aliphatic heterocycles. The molecule has 0 fully saturated rings. The number of rotatable bonds is 6. The molecule has 0 amide bonds. The van der Waals surface area contributed by atoms with Crippen LogP contribution in [0.5, 0.6) is 0 Å². The van der Waals surface area contributed by atoms with Crippen molar-refractivity contribution in [1.29, 1.82) is 0 Å². The van der Waals surface area contributed by atoms with E-state index in [9.17, 15) is 0 Å². The van der Waals surface area contributed by atoms with Gasteiger partial charge in [-0.2, -0.15) is 0 Å². The van der Waals surface area contributed by atoms with Crippen LogP contribution >= 0.6 is 0 Å². The van der Waals surface area contributed by atoms with E-state index in [2.05, 4.69) is 0 Å². The molecule has 0 bridgehead atoms. The molecule has 0 rings (SSSR count). The zero-order valence-corrected chi connectivity index (χ0v) is 19.5. The Morgan fingerprint density at radius 3 is 0.696 bits per heavy atom. The Hall–Kier alpha value is 0.234. The van der Waals surface area contributed by atoms with Gasteiger partial charge in [-0.05, 0) is 83.1 Å². The summed E-state index contributed by atoms with van der Waals surface area (Å²) < 4.78 is 30.3. The molecule has 7 heteroatoms. The molecule has 0 atom stereocenters. The summed E-state index contributed by atoms with van der Waals surface area (Å²) in [7, 11) is -4.82. The van der Waals surface area contributed by atoms with E-state index in [1.165, 1.54) is 0 Å². The van der Waals surface area contributed by atoms with Crippen LogP contribution in [-0.4, -0.2) is 41.5 Å². The predicted molar refractivity (Wildman–Crippen MR) is 98.7 cm³/mol. The fraction of sp³-hybridized carbons (Fsp3) is 1.00. The first-order valence-electron chi connectivity index (χ1n) is 8.23. The molecule has 23 heavy (non-hydrogen) atoms. The van der Waals surface area contributed by atoms with Crippen LogP contribution in [0.3, 0.4) is 0 Å². The van der Waals surface area contributed by atoms with Crippen molar-refractivity contribution in [3.63, 3.8) is 0 Å². The van der Waals surface area contributed by atoms with Crippen LogP contribution in [-0.2, 0) is 21.8 Å². The molecule has 140 valence electrons. The minimum atomic E-state index is -2.41. The van der Waals surface area contributed by atoms with Crippen LogP contribution in [0, 0.1) is 0 Å². The SMILES string of the molecule is CC(C)(C)O[SiH](O[SiH](OC(C)(C)C)OC(C)(C)C)OC(C)(C)C. The van der Waals surface area contributed by atoms with Crippen molar-refractivity contribution in [2.45, 2.75) is 105 Å². The van der Waals surface area contributed by atoms with E-state index in [-0.39, 0.29) is 22.4 Å². The molecule has 0 aliphatic rings. The van der Waals surface area contributed by atoms with E-state index in [4.69, 9.17) is 21.8 Å². The molecule has 0 spiro atoms. The monoisotopic (exact) mass is 366 g/mol. The van der Waals surface area contributed by atoms with Gasteiger partial charge in [0.05, 0.1) is 22.4 Å². The Labute approximate surface area is 146 Å². The maximum Gasteiger partial charge on any atom is 0.477 e. The predicted octanol–water partition coefficient (Wildman–Crippen LogP) is 3.70. The van der Waals surface area contributed by atoms with Gasteiger partial charge in [0.1, 0.15) is 0 Å². The van der Waals surface area contributed by atoms with Crippen LogP contribution in [0.25, 0.3) is 0 Å². The van der Waals surface area contributed by atoms with Gasteiger partial charge in [0.25, 0.3) is 0 Å². The highest BCUT2D eigenvalue weighted by molar-refractivity contribution is 6.52. The van der Waals surface area contributed by atoms with Gasteiger partial charge in [0.15, 0.2) is 0 Å². The summed E-state index contributed by atoms with van der Waals surface area (Å²) in [6.45, 7) is 23.9. The van der Waals surface area contributed by atoms with E-state index in [1.807, 2.05) is 83.1 Å². The van der Waals surface area contributed by atoms with Gasteiger partial charge in [-0.3, -0.25) is 0 Å². The maximum atomic E-state index is 6.14. The molecule has 0 unspecified atom stereocenters. The lowest BCUT2D eigenvalue weighted by atomic mass is 10.2. The largest absolute Gasteiger partial charge is 0.477 e. The molecule has 0 N–H and O–H groups in total. The lowest BCUT2D eigenvalue weighted by molar-refractivity contribution is -0.0374. The molecule has 0 saturated heterocycles. The van der Waals surface area contributed by atoms with Gasteiger partial charge in [0.2, 0.25) is 0 Å². The molecule has 0 aliphatic carbocycles. The summed E-state index contributed by atoms with van der Waals surface area (Å²) in [4.78, 5) is 0. The Bertz CT molecular complexity index is 281. The summed E-state index contributed by atoms with van der Waals surface area (Å²) in [5.74, 6) is 0. The van der Waals surface area contributed by atoms with Gasteiger partial charge >= 0.3 is 19.1 Å². The van der Waals surface area contributed by atoms with Crippen molar-refractivity contribution in [3.05, 3.63) is 0 Å². The highest BCUT2D eigenvalue weighted by Gasteiger charge is 2.36. The van der Waals surface area contributed by atoms with Crippen molar-refractivity contribution in [2.75, 3.05) is 0 Å². The van der Waals surface area contributed by atoms with E-state index in [1.54, 1.807) is 0 Å². The third-order valence-electron chi connectivity index (χ3n) is 2.02. The summed E-state index contributed by atoms with van der Waals surface area (Å²) in [6, 6.07) is 0. The molecule has 0 heterocycles. The summed E-state index contributed by atoms with van der Waals surface area (Å²) in [5, 5.41) is 0. The molecule has 0 aromatic heterocycles. The highest BCUT2D eigenvalue weighted by Crippen LogP contribution is 2.21. The lowest BCUT2D eigenvalue weighted by Crippen LogP contribution is -2.49. The third-order valence-corrected chi connectivity index (χ3v) is 7.40. The first kappa shape index (κ1) is 23.2. The lowest BCUT2D eigenvalue weighted by Gasteiger charge is -2.36. The first-order chi connectivity index (χ1) is 9.86. The van der Waals surface area contributed by atoms with E-state index in [0.29, 0.717) is 0 Å². The molecule has 0 aromatic rings. The standard InChI is InChI=1S/C16H38O5Si2/c1-13(2,3)17-22(18-14(4,5)6)21-23(19-15(7,8)9)20-16(10,11)12/h22-23H,1-12H3. The van der Waals surface area contributed by atoms with Crippen molar-refractivity contribution >= 4 is 19.1 Å². The van der Waals surface area contributed by atoms with Crippen LogP contribution < -0.4 is 0 Å². The fourth-order valence-corrected chi connectivity index (χ4v) is 5.42. The van der Waals surface area contributed by atoms with Crippen LogP contribution in [0.1, 0.15) is 83.1 Å². The minimum Gasteiger partial charge on any atom is -0.376 e. The minimum absolute atomic E-state index is 0.343. The Morgan fingerprint density at radius 1 is 0.391 bits per heavy atom. The van der Waals surface area contributed by atoms with E-state index in [0.717, 1.165) is 0 Å². The Balaban J connectivity index is 5.15. The Morgan fingerprint density at radius 2 is 0.565 bits per heavy atom.